The third kappa shape index (κ3) is 2.81. The Labute approximate surface area is 114 Å². The molecule has 1 aromatic rings. The summed E-state index contributed by atoms with van der Waals surface area (Å²) in [4.78, 5) is 11.8. The highest BCUT2D eigenvalue weighted by atomic mass is 16.6. The summed E-state index contributed by atoms with van der Waals surface area (Å²) in [5.41, 5.74) is 1.71. The maximum absolute atomic E-state index is 11.8. The van der Waals surface area contributed by atoms with E-state index in [0.29, 0.717) is 11.6 Å². The van der Waals surface area contributed by atoms with Gasteiger partial charge in [0.25, 0.3) is 0 Å². The van der Waals surface area contributed by atoms with Gasteiger partial charge in [0, 0.05) is 11.6 Å². The number of nitrogens with one attached hydrogen (secondary N) is 1. The molecule has 0 aromatic heterocycles. The van der Waals surface area contributed by atoms with Gasteiger partial charge in [0.15, 0.2) is 6.23 Å². The first-order valence-corrected chi connectivity index (χ1v) is 7.40. The SMILES string of the molecule is O=C1OC(NC2CCCCCCC2)c2ccccc21. The normalized spacial score (nSPS) is 24.4. The van der Waals surface area contributed by atoms with Gasteiger partial charge in [-0.3, -0.25) is 5.32 Å². The van der Waals surface area contributed by atoms with E-state index in [9.17, 15) is 4.79 Å². The summed E-state index contributed by atoms with van der Waals surface area (Å²) in [5.74, 6) is -0.195. The van der Waals surface area contributed by atoms with Crippen molar-refractivity contribution >= 4 is 5.97 Å². The lowest BCUT2D eigenvalue weighted by Gasteiger charge is -2.24. The van der Waals surface area contributed by atoms with Gasteiger partial charge in [-0.1, -0.05) is 50.3 Å². The Morgan fingerprint density at radius 3 is 2.47 bits per heavy atom. The van der Waals surface area contributed by atoms with Crippen molar-refractivity contribution < 1.29 is 9.53 Å². The molecule has 0 amide bonds. The van der Waals surface area contributed by atoms with Gasteiger partial charge >= 0.3 is 5.97 Å². The lowest BCUT2D eigenvalue weighted by molar-refractivity contribution is 0.0266. The van der Waals surface area contributed by atoms with Crippen molar-refractivity contribution in [1.82, 2.24) is 5.32 Å². The van der Waals surface area contributed by atoms with E-state index in [1.54, 1.807) is 0 Å². The van der Waals surface area contributed by atoms with Gasteiger partial charge < -0.3 is 4.74 Å². The second-order valence-corrected chi connectivity index (χ2v) is 5.58. The molecule has 3 heteroatoms. The van der Waals surface area contributed by atoms with E-state index in [0.717, 1.165) is 5.56 Å². The summed E-state index contributed by atoms with van der Waals surface area (Å²) in [6.07, 6.45) is 8.73. The minimum Gasteiger partial charge on any atom is -0.439 e. The van der Waals surface area contributed by atoms with Gasteiger partial charge in [-0.25, -0.2) is 4.79 Å². The lowest BCUT2D eigenvalue weighted by Crippen LogP contribution is -2.33. The smallest absolute Gasteiger partial charge is 0.340 e. The Bertz CT molecular complexity index is 450. The Hall–Kier alpha value is -1.35. The van der Waals surface area contributed by atoms with E-state index in [-0.39, 0.29) is 12.2 Å². The first kappa shape index (κ1) is 12.7. The van der Waals surface area contributed by atoms with Crippen LogP contribution in [-0.4, -0.2) is 12.0 Å². The zero-order valence-electron chi connectivity index (χ0n) is 11.2. The van der Waals surface area contributed by atoms with Crippen LogP contribution in [0.2, 0.25) is 0 Å². The second-order valence-electron chi connectivity index (χ2n) is 5.58. The zero-order valence-corrected chi connectivity index (χ0v) is 11.2. The number of cyclic esters (lactones) is 1. The third-order valence-electron chi connectivity index (χ3n) is 4.18. The molecule has 0 bridgehead atoms. The summed E-state index contributed by atoms with van der Waals surface area (Å²) in [6, 6.07) is 8.16. The van der Waals surface area contributed by atoms with Crippen LogP contribution < -0.4 is 5.32 Å². The minimum atomic E-state index is -0.242. The van der Waals surface area contributed by atoms with Crippen LogP contribution in [0.1, 0.15) is 67.1 Å². The summed E-state index contributed by atoms with van der Waals surface area (Å²) >= 11 is 0. The van der Waals surface area contributed by atoms with Crippen molar-refractivity contribution in [3.05, 3.63) is 35.4 Å². The molecule has 3 nitrogen and oxygen atoms in total. The molecular formula is C16H21NO2. The van der Waals surface area contributed by atoms with Gasteiger partial charge in [-0.2, -0.15) is 0 Å². The van der Waals surface area contributed by atoms with Crippen molar-refractivity contribution in [1.29, 1.82) is 0 Å². The van der Waals surface area contributed by atoms with Crippen LogP contribution in [0.15, 0.2) is 24.3 Å². The number of fused-ring (bicyclic) bond motifs is 1. The van der Waals surface area contributed by atoms with Crippen LogP contribution in [0.3, 0.4) is 0 Å². The van der Waals surface area contributed by atoms with Crippen LogP contribution in [0.5, 0.6) is 0 Å². The molecule has 1 aliphatic heterocycles. The first-order valence-electron chi connectivity index (χ1n) is 7.40. The molecule has 1 atom stereocenters. The Balaban J connectivity index is 1.68. The van der Waals surface area contributed by atoms with Gasteiger partial charge in [0.1, 0.15) is 0 Å². The fourth-order valence-corrected chi connectivity index (χ4v) is 3.11. The number of benzene rings is 1. The maximum atomic E-state index is 11.8. The van der Waals surface area contributed by atoms with Crippen molar-refractivity contribution in [3.8, 4) is 0 Å². The third-order valence-corrected chi connectivity index (χ3v) is 4.18. The number of ether oxygens (including phenoxy) is 1. The van der Waals surface area contributed by atoms with E-state index < -0.39 is 0 Å². The van der Waals surface area contributed by atoms with E-state index in [1.807, 2.05) is 24.3 Å². The molecule has 0 radical (unpaired) electrons. The molecular weight excluding hydrogens is 238 g/mol. The van der Waals surface area contributed by atoms with Crippen molar-refractivity contribution in [2.75, 3.05) is 0 Å². The van der Waals surface area contributed by atoms with Gasteiger partial charge in [0.2, 0.25) is 0 Å². The van der Waals surface area contributed by atoms with E-state index >= 15 is 0 Å². The highest BCUT2D eigenvalue weighted by Gasteiger charge is 2.31. The number of esters is 1. The van der Waals surface area contributed by atoms with Crippen molar-refractivity contribution in [3.63, 3.8) is 0 Å². The topological polar surface area (TPSA) is 38.3 Å². The Morgan fingerprint density at radius 2 is 1.68 bits per heavy atom. The molecule has 1 heterocycles. The molecule has 1 aromatic carbocycles. The van der Waals surface area contributed by atoms with Gasteiger partial charge in [-0.15, -0.1) is 0 Å². The summed E-state index contributed by atoms with van der Waals surface area (Å²) < 4.78 is 5.46. The average molecular weight is 259 g/mol. The largest absolute Gasteiger partial charge is 0.439 e. The van der Waals surface area contributed by atoms with Gasteiger partial charge in [-0.05, 0) is 18.9 Å². The quantitative estimate of drug-likeness (QED) is 0.825. The zero-order chi connectivity index (χ0) is 13.1. The molecule has 1 fully saturated rings. The highest BCUT2D eigenvalue weighted by Crippen LogP contribution is 2.30. The molecule has 1 unspecified atom stereocenters. The highest BCUT2D eigenvalue weighted by molar-refractivity contribution is 5.93. The molecule has 0 spiro atoms. The molecule has 19 heavy (non-hydrogen) atoms. The monoisotopic (exact) mass is 259 g/mol. The molecule has 0 saturated heterocycles. The first-order chi connectivity index (χ1) is 9.34. The molecule has 2 aliphatic rings. The summed E-state index contributed by atoms with van der Waals surface area (Å²) in [7, 11) is 0. The van der Waals surface area contributed by atoms with E-state index in [2.05, 4.69) is 5.32 Å². The van der Waals surface area contributed by atoms with Crippen LogP contribution in [0.4, 0.5) is 0 Å². The van der Waals surface area contributed by atoms with E-state index in [1.165, 1.54) is 44.9 Å². The number of carbonyl (C=O) groups excluding carboxylic acids is 1. The van der Waals surface area contributed by atoms with Crippen molar-refractivity contribution in [2.24, 2.45) is 0 Å². The number of carbonyl (C=O) groups is 1. The predicted molar refractivity (Wildman–Crippen MR) is 73.8 cm³/mol. The second kappa shape index (κ2) is 5.74. The number of rotatable bonds is 2. The predicted octanol–water partition coefficient (Wildman–Crippen LogP) is 3.56. The molecule has 102 valence electrons. The average Bonchev–Trinajstić information content (AvgIpc) is 2.70. The van der Waals surface area contributed by atoms with Crippen LogP contribution in [0.25, 0.3) is 0 Å². The Morgan fingerprint density at radius 1 is 1.00 bits per heavy atom. The standard InChI is InChI=1S/C16H21NO2/c18-16-14-11-7-6-10-13(14)15(19-16)17-12-8-4-2-1-3-5-9-12/h6-7,10-12,15,17H,1-5,8-9H2. The summed E-state index contributed by atoms with van der Waals surface area (Å²) in [5, 5.41) is 3.53. The van der Waals surface area contributed by atoms with E-state index in [4.69, 9.17) is 4.74 Å². The minimum absolute atomic E-state index is 0.195. The molecule has 1 N–H and O–H groups in total. The number of hydrogen-bond acceptors (Lipinski definition) is 3. The Kier molecular flexibility index (Phi) is 3.83. The van der Waals surface area contributed by atoms with Crippen LogP contribution >= 0.6 is 0 Å². The van der Waals surface area contributed by atoms with Crippen LogP contribution in [-0.2, 0) is 4.74 Å². The lowest BCUT2D eigenvalue weighted by atomic mass is 9.96. The van der Waals surface area contributed by atoms with Gasteiger partial charge in [0.05, 0.1) is 5.56 Å². The molecule has 1 saturated carbocycles. The molecule has 1 aliphatic carbocycles. The fraction of sp³-hybridized carbons (Fsp3) is 0.562. The fourth-order valence-electron chi connectivity index (χ4n) is 3.11. The van der Waals surface area contributed by atoms with Crippen molar-refractivity contribution in [2.45, 2.75) is 57.2 Å². The maximum Gasteiger partial charge on any atom is 0.340 e. The molecule has 3 rings (SSSR count). The number of hydrogen-bond donors (Lipinski definition) is 1. The van der Waals surface area contributed by atoms with Crippen LogP contribution in [0, 0.1) is 0 Å². The summed E-state index contributed by atoms with van der Waals surface area (Å²) in [6.45, 7) is 0.